The molecule has 0 amide bonds. The van der Waals surface area contributed by atoms with Crippen molar-refractivity contribution in [3.8, 4) is 28.1 Å². The summed E-state index contributed by atoms with van der Waals surface area (Å²) < 4.78 is 1.65. The molecule has 0 spiro atoms. The van der Waals surface area contributed by atoms with Crippen molar-refractivity contribution in [2.45, 2.75) is 0 Å². The first-order valence-corrected chi connectivity index (χ1v) is 9.02. The van der Waals surface area contributed by atoms with Crippen LogP contribution in [-0.2, 0) is 0 Å². The third-order valence-corrected chi connectivity index (χ3v) is 4.89. The number of aromatic nitrogens is 2. The summed E-state index contributed by atoms with van der Waals surface area (Å²) in [6, 6.07) is 28.1. The highest BCUT2D eigenvalue weighted by Crippen LogP contribution is 2.32. The maximum absolute atomic E-state index is 13.5. The lowest BCUT2D eigenvalue weighted by atomic mass is 10.0. The van der Waals surface area contributed by atoms with Crippen molar-refractivity contribution in [1.82, 2.24) is 9.38 Å². The number of nitrogens with zero attached hydrogens (tertiary/aromatic N) is 2. The normalized spacial score (nSPS) is 11.1. The Bertz CT molecular complexity index is 1370. The van der Waals surface area contributed by atoms with E-state index in [1.807, 2.05) is 84.9 Å². The molecule has 0 saturated carbocycles. The van der Waals surface area contributed by atoms with Gasteiger partial charge in [-0.1, -0.05) is 72.8 Å². The second-order valence-corrected chi connectivity index (χ2v) is 6.61. The van der Waals surface area contributed by atoms with E-state index in [4.69, 9.17) is 4.98 Å². The third kappa shape index (κ3) is 2.47. The zero-order chi connectivity index (χ0) is 19.1. The molecule has 0 unspecified atom stereocenters. The molecule has 134 valence electrons. The Labute approximate surface area is 161 Å². The molecule has 0 bridgehead atoms. The first-order valence-electron chi connectivity index (χ1n) is 9.02. The second-order valence-electron chi connectivity index (χ2n) is 6.61. The van der Waals surface area contributed by atoms with Crippen LogP contribution in [0.15, 0.2) is 95.8 Å². The first-order chi connectivity index (χ1) is 13.7. The van der Waals surface area contributed by atoms with E-state index >= 15 is 0 Å². The number of aromatic hydroxyl groups is 1. The summed E-state index contributed by atoms with van der Waals surface area (Å²) in [7, 11) is 0. The maximum Gasteiger partial charge on any atom is 0.267 e. The Morgan fingerprint density at radius 2 is 1.32 bits per heavy atom. The van der Waals surface area contributed by atoms with Crippen molar-refractivity contribution in [2.24, 2.45) is 0 Å². The van der Waals surface area contributed by atoms with Crippen LogP contribution in [-0.4, -0.2) is 14.5 Å². The summed E-state index contributed by atoms with van der Waals surface area (Å²) >= 11 is 0. The first kappa shape index (κ1) is 16.3. The fourth-order valence-corrected chi connectivity index (χ4v) is 3.62. The Morgan fingerprint density at radius 3 is 2.04 bits per heavy atom. The van der Waals surface area contributed by atoms with Gasteiger partial charge in [0.25, 0.3) is 5.56 Å². The highest BCUT2D eigenvalue weighted by molar-refractivity contribution is 5.89. The Balaban J connectivity index is 1.98. The van der Waals surface area contributed by atoms with E-state index in [9.17, 15) is 9.90 Å². The van der Waals surface area contributed by atoms with Crippen molar-refractivity contribution in [3.05, 3.63) is 101 Å². The van der Waals surface area contributed by atoms with Gasteiger partial charge in [0.1, 0.15) is 5.75 Å². The lowest BCUT2D eigenvalue weighted by Crippen LogP contribution is -2.17. The smallest absolute Gasteiger partial charge is 0.267 e. The molecule has 28 heavy (non-hydrogen) atoms. The number of rotatable bonds is 2. The molecule has 2 heterocycles. The highest BCUT2D eigenvalue weighted by atomic mass is 16.3. The molecule has 3 aromatic carbocycles. The van der Waals surface area contributed by atoms with E-state index in [0.717, 1.165) is 11.1 Å². The van der Waals surface area contributed by atoms with Crippen LogP contribution in [0.2, 0.25) is 0 Å². The average molecular weight is 364 g/mol. The zero-order valence-electron chi connectivity index (χ0n) is 14.9. The Hall–Kier alpha value is -3.92. The molecule has 4 nitrogen and oxygen atoms in total. The zero-order valence-corrected chi connectivity index (χ0v) is 14.9. The summed E-state index contributed by atoms with van der Waals surface area (Å²) in [6.45, 7) is 0. The van der Waals surface area contributed by atoms with Crippen LogP contribution < -0.4 is 5.56 Å². The number of hydrogen-bond acceptors (Lipinski definition) is 3. The minimum atomic E-state index is -0.267. The summed E-state index contributed by atoms with van der Waals surface area (Å²) in [4.78, 5) is 18.3. The quantitative estimate of drug-likeness (QED) is 0.454. The van der Waals surface area contributed by atoms with Crippen LogP contribution in [0.5, 0.6) is 5.75 Å². The second kappa shape index (κ2) is 6.35. The fraction of sp³-hybridized carbons (Fsp3) is 0. The van der Waals surface area contributed by atoms with Gasteiger partial charge >= 0.3 is 0 Å². The van der Waals surface area contributed by atoms with Crippen LogP contribution in [0.25, 0.3) is 38.9 Å². The van der Waals surface area contributed by atoms with Gasteiger partial charge in [0, 0.05) is 11.6 Å². The lowest BCUT2D eigenvalue weighted by molar-refractivity contribution is 0.476. The molecule has 0 aliphatic rings. The van der Waals surface area contributed by atoms with Gasteiger partial charge in [-0.3, -0.25) is 9.20 Å². The van der Waals surface area contributed by atoms with Gasteiger partial charge in [-0.25, -0.2) is 4.98 Å². The number of para-hydroxylation sites is 2. The van der Waals surface area contributed by atoms with E-state index in [2.05, 4.69) is 0 Å². The molecule has 2 aromatic heterocycles. The molecule has 1 N–H and O–H groups in total. The largest absolute Gasteiger partial charge is 0.507 e. The fourth-order valence-electron chi connectivity index (χ4n) is 3.62. The van der Waals surface area contributed by atoms with Crippen molar-refractivity contribution in [1.29, 1.82) is 0 Å². The van der Waals surface area contributed by atoms with Crippen molar-refractivity contribution < 1.29 is 5.11 Å². The van der Waals surface area contributed by atoms with Crippen LogP contribution in [0.3, 0.4) is 0 Å². The van der Waals surface area contributed by atoms with E-state index in [0.29, 0.717) is 22.3 Å². The minimum absolute atomic E-state index is 0.0505. The molecule has 0 radical (unpaired) electrons. The summed E-state index contributed by atoms with van der Waals surface area (Å²) in [6.07, 6.45) is 0. The monoisotopic (exact) mass is 364 g/mol. The number of fused-ring (bicyclic) bond motifs is 3. The Kier molecular flexibility index (Phi) is 3.69. The topological polar surface area (TPSA) is 54.6 Å². The van der Waals surface area contributed by atoms with Gasteiger partial charge < -0.3 is 5.11 Å². The molecule has 4 heteroatoms. The van der Waals surface area contributed by atoms with Crippen LogP contribution in [0.4, 0.5) is 0 Å². The van der Waals surface area contributed by atoms with Crippen molar-refractivity contribution >= 4 is 16.6 Å². The van der Waals surface area contributed by atoms with Gasteiger partial charge in [0.2, 0.25) is 0 Å². The maximum atomic E-state index is 13.5. The van der Waals surface area contributed by atoms with E-state index in [1.165, 1.54) is 0 Å². The number of hydrogen-bond donors (Lipinski definition) is 1. The molecule has 0 fully saturated rings. The van der Waals surface area contributed by atoms with Gasteiger partial charge in [0.15, 0.2) is 0 Å². The predicted molar refractivity (Wildman–Crippen MR) is 112 cm³/mol. The van der Waals surface area contributed by atoms with Gasteiger partial charge in [0.05, 0.1) is 27.8 Å². The third-order valence-electron chi connectivity index (χ3n) is 4.89. The molecule has 0 aliphatic heterocycles. The molecule has 0 aliphatic carbocycles. The number of benzene rings is 3. The van der Waals surface area contributed by atoms with Crippen molar-refractivity contribution in [3.63, 3.8) is 0 Å². The standard InChI is InChI=1S/C24H16N2O2/c27-21-15-20-23(17-11-5-2-6-12-17)25-18-13-7-8-14-19(18)26(20)24(28)22(21)16-9-3-1-4-10-16/h1-15,27H. The van der Waals surface area contributed by atoms with Gasteiger partial charge in [-0.2, -0.15) is 0 Å². The summed E-state index contributed by atoms with van der Waals surface area (Å²) in [5, 5.41) is 10.7. The summed E-state index contributed by atoms with van der Waals surface area (Å²) in [5.74, 6) is -0.0505. The van der Waals surface area contributed by atoms with Crippen LogP contribution >= 0.6 is 0 Å². The summed E-state index contributed by atoms with van der Waals surface area (Å²) in [5.41, 5.74) is 4.25. The SMILES string of the molecule is O=c1c(-c2ccccc2)c(O)cc2c(-c3ccccc3)nc3ccccc3n12. The van der Waals surface area contributed by atoms with Crippen LogP contribution in [0, 0.1) is 0 Å². The predicted octanol–water partition coefficient (Wildman–Crippen LogP) is 4.89. The van der Waals surface area contributed by atoms with E-state index in [-0.39, 0.29) is 16.9 Å². The minimum Gasteiger partial charge on any atom is -0.507 e. The average Bonchev–Trinajstić information content (AvgIpc) is 2.74. The lowest BCUT2D eigenvalue weighted by Gasteiger charge is -2.14. The molecule has 0 saturated heterocycles. The van der Waals surface area contributed by atoms with Gasteiger partial charge in [-0.05, 0) is 17.7 Å². The molecule has 5 rings (SSSR count). The Morgan fingerprint density at radius 1 is 0.714 bits per heavy atom. The van der Waals surface area contributed by atoms with Gasteiger partial charge in [-0.15, -0.1) is 0 Å². The molecule has 5 aromatic rings. The molecular weight excluding hydrogens is 348 g/mol. The van der Waals surface area contributed by atoms with Crippen LogP contribution in [0.1, 0.15) is 0 Å². The highest BCUT2D eigenvalue weighted by Gasteiger charge is 2.18. The molecular formula is C24H16N2O2. The molecule has 0 atom stereocenters. The van der Waals surface area contributed by atoms with Crippen molar-refractivity contribution in [2.75, 3.05) is 0 Å². The van der Waals surface area contributed by atoms with E-state index < -0.39 is 0 Å². The van der Waals surface area contributed by atoms with E-state index in [1.54, 1.807) is 10.5 Å². The number of pyridine rings is 1.